The number of hydrogen-bond donors (Lipinski definition) is 1. The van der Waals surface area contributed by atoms with Gasteiger partial charge in [-0.1, -0.05) is 12.1 Å². The molecular weight excluding hydrogens is 428 g/mol. The molecule has 9 nitrogen and oxygen atoms in total. The number of rotatable bonds is 6. The zero-order valence-corrected chi connectivity index (χ0v) is 15.4. The first-order valence-corrected chi connectivity index (χ1v) is 8.48. The van der Waals surface area contributed by atoms with Crippen molar-refractivity contribution in [2.45, 2.75) is 12.7 Å². The molecule has 1 N–H and O–H groups in total. The van der Waals surface area contributed by atoms with E-state index in [1.807, 2.05) is 0 Å². The Morgan fingerprint density at radius 1 is 1.19 bits per heavy atom. The molecule has 1 heterocycles. The third-order valence-corrected chi connectivity index (χ3v) is 3.99. The first-order valence-electron chi connectivity index (χ1n) is 8.48. The summed E-state index contributed by atoms with van der Waals surface area (Å²) in [5.74, 6) is -4.38. The van der Waals surface area contributed by atoms with Crippen LogP contribution in [0.2, 0.25) is 0 Å². The number of nitro groups is 1. The summed E-state index contributed by atoms with van der Waals surface area (Å²) in [7, 11) is 0. The second-order valence-electron chi connectivity index (χ2n) is 6.14. The Morgan fingerprint density at radius 3 is 2.58 bits per heavy atom. The van der Waals surface area contributed by atoms with Crippen LogP contribution < -0.4 is 5.32 Å². The average molecular weight is 440 g/mol. The summed E-state index contributed by atoms with van der Waals surface area (Å²) in [6, 6.07) is 8.04. The molecule has 162 valence electrons. The molecule has 3 rings (SSSR count). The second kappa shape index (κ2) is 8.38. The molecule has 0 atom stereocenters. The molecule has 3 aromatic rings. The van der Waals surface area contributed by atoms with Gasteiger partial charge >= 0.3 is 12.1 Å². The molecule has 0 spiro atoms. The van der Waals surface area contributed by atoms with E-state index in [-0.39, 0.29) is 16.7 Å². The molecule has 31 heavy (non-hydrogen) atoms. The number of ether oxygens (including phenoxy) is 1. The molecule has 1 amide bonds. The number of para-hydroxylation sites is 2. The number of carbonyl (C=O) groups excluding carboxylic acids is 2. The maximum absolute atomic E-state index is 13.2. The minimum Gasteiger partial charge on any atom is -0.454 e. The van der Waals surface area contributed by atoms with Crippen molar-refractivity contribution in [3.8, 4) is 0 Å². The fraction of sp³-hybridized carbons (Fsp3) is 0.167. The maximum atomic E-state index is 13.2. The van der Waals surface area contributed by atoms with Crippen LogP contribution >= 0.6 is 0 Å². The van der Waals surface area contributed by atoms with Crippen LogP contribution in [0.25, 0.3) is 11.0 Å². The molecule has 0 aliphatic rings. The number of anilines is 1. The number of aromatic nitrogens is 2. The molecule has 0 bridgehead atoms. The van der Waals surface area contributed by atoms with Crippen molar-refractivity contribution >= 4 is 34.3 Å². The van der Waals surface area contributed by atoms with Gasteiger partial charge in [0.15, 0.2) is 6.61 Å². The zero-order chi connectivity index (χ0) is 22.8. The van der Waals surface area contributed by atoms with Crippen molar-refractivity contribution in [1.82, 2.24) is 9.55 Å². The molecule has 0 aliphatic carbocycles. The fourth-order valence-electron chi connectivity index (χ4n) is 2.72. The van der Waals surface area contributed by atoms with E-state index in [1.54, 1.807) is 0 Å². The lowest BCUT2D eigenvalue weighted by molar-refractivity contribution is -0.384. The lowest BCUT2D eigenvalue weighted by Crippen LogP contribution is -2.25. The number of esters is 1. The Bertz CT molecular complexity index is 1180. The van der Waals surface area contributed by atoms with Crippen LogP contribution in [0.3, 0.4) is 0 Å². The minimum atomic E-state index is -4.84. The monoisotopic (exact) mass is 440 g/mol. The Balaban J connectivity index is 1.69. The number of imidazole rings is 1. The van der Waals surface area contributed by atoms with E-state index >= 15 is 0 Å². The molecular formula is C18H12F4N4O5. The van der Waals surface area contributed by atoms with Gasteiger partial charge in [0.25, 0.3) is 11.6 Å². The number of nitrogens with one attached hydrogen (secondary N) is 1. The van der Waals surface area contributed by atoms with Gasteiger partial charge in [0.05, 0.1) is 22.0 Å². The number of halogens is 4. The van der Waals surface area contributed by atoms with Gasteiger partial charge < -0.3 is 14.6 Å². The number of alkyl halides is 3. The van der Waals surface area contributed by atoms with E-state index in [0.717, 1.165) is 12.1 Å². The highest BCUT2D eigenvalue weighted by molar-refractivity contribution is 5.94. The first kappa shape index (κ1) is 21.7. The number of benzene rings is 2. The SMILES string of the molecule is O=C(COC(=O)Cn1c(C(F)(F)F)nc2ccccc21)Nc1ccc(F)cc1[N+](=O)[O-]. The number of carbonyl (C=O) groups is 2. The third-order valence-electron chi connectivity index (χ3n) is 3.99. The van der Waals surface area contributed by atoms with Crippen LogP contribution in [0, 0.1) is 15.9 Å². The summed E-state index contributed by atoms with van der Waals surface area (Å²) in [5, 5.41) is 13.0. The van der Waals surface area contributed by atoms with Gasteiger partial charge in [-0.15, -0.1) is 0 Å². The van der Waals surface area contributed by atoms with E-state index in [1.165, 1.54) is 24.3 Å². The van der Waals surface area contributed by atoms with Crippen LogP contribution in [-0.4, -0.2) is 33.0 Å². The number of nitrogens with zero attached hydrogens (tertiary/aromatic N) is 3. The Kier molecular flexibility index (Phi) is 5.86. The minimum absolute atomic E-state index is 0.0176. The van der Waals surface area contributed by atoms with Gasteiger partial charge in [-0.3, -0.25) is 19.7 Å². The highest BCUT2D eigenvalue weighted by Gasteiger charge is 2.38. The van der Waals surface area contributed by atoms with Gasteiger partial charge in [0.1, 0.15) is 18.0 Å². The van der Waals surface area contributed by atoms with Crippen LogP contribution in [0.5, 0.6) is 0 Å². The standard InChI is InChI=1S/C18H12F4N4O5/c19-10-5-6-12(14(7-10)26(29)30)23-15(27)9-31-16(28)8-25-13-4-2-1-3-11(13)24-17(25)18(20,21)22/h1-7H,8-9H2,(H,23,27). The highest BCUT2D eigenvalue weighted by Crippen LogP contribution is 2.31. The zero-order valence-electron chi connectivity index (χ0n) is 15.4. The molecule has 0 fully saturated rings. The topological polar surface area (TPSA) is 116 Å². The number of amides is 1. The van der Waals surface area contributed by atoms with E-state index < -0.39 is 53.5 Å². The summed E-state index contributed by atoms with van der Waals surface area (Å²) in [4.78, 5) is 37.4. The largest absolute Gasteiger partial charge is 0.454 e. The summed E-state index contributed by atoms with van der Waals surface area (Å²) in [5.41, 5.74) is -1.01. The van der Waals surface area contributed by atoms with Gasteiger partial charge in [0.2, 0.25) is 5.82 Å². The Hall–Kier alpha value is -4.03. The van der Waals surface area contributed by atoms with Crippen molar-refractivity contribution in [3.05, 3.63) is 64.2 Å². The van der Waals surface area contributed by atoms with E-state index in [2.05, 4.69) is 15.0 Å². The van der Waals surface area contributed by atoms with Gasteiger partial charge in [-0.25, -0.2) is 9.37 Å². The van der Waals surface area contributed by atoms with Crippen LogP contribution in [0.15, 0.2) is 42.5 Å². The van der Waals surface area contributed by atoms with Crippen molar-refractivity contribution < 1.29 is 36.8 Å². The second-order valence-corrected chi connectivity index (χ2v) is 6.14. The van der Waals surface area contributed by atoms with E-state index in [0.29, 0.717) is 10.6 Å². The van der Waals surface area contributed by atoms with Crippen LogP contribution in [0.1, 0.15) is 5.82 Å². The van der Waals surface area contributed by atoms with E-state index in [9.17, 15) is 37.3 Å². The summed E-state index contributed by atoms with van der Waals surface area (Å²) >= 11 is 0. The van der Waals surface area contributed by atoms with Crippen LogP contribution in [-0.2, 0) is 27.0 Å². The van der Waals surface area contributed by atoms with E-state index in [4.69, 9.17) is 0 Å². The normalized spacial score (nSPS) is 11.4. The highest BCUT2D eigenvalue weighted by atomic mass is 19.4. The molecule has 1 aromatic heterocycles. The van der Waals surface area contributed by atoms with Crippen molar-refractivity contribution in [3.63, 3.8) is 0 Å². The van der Waals surface area contributed by atoms with Gasteiger partial charge in [-0.2, -0.15) is 13.2 Å². The maximum Gasteiger partial charge on any atom is 0.449 e. The molecule has 0 aliphatic heterocycles. The Morgan fingerprint density at radius 2 is 1.90 bits per heavy atom. The van der Waals surface area contributed by atoms with Gasteiger partial charge in [-0.05, 0) is 24.3 Å². The molecule has 0 radical (unpaired) electrons. The average Bonchev–Trinajstić information content (AvgIpc) is 3.06. The lowest BCUT2D eigenvalue weighted by atomic mass is 10.2. The Labute approximate surface area is 170 Å². The fourth-order valence-corrected chi connectivity index (χ4v) is 2.72. The summed E-state index contributed by atoms with van der Waals surface area (Å²) < 4.78 is 58.2. The number of hydrogen-bond acceptors (Lipinski definition) is 6. The molecule has 0 unspecified atom stereocenters. The first-order chi connectivity index (χ1) is 14.6. The predicted octanol–water partition coefficient (Wildman–Crippen LogP) is 3.28. The summed E-state index contributed by atoms with van der Waals surface area (Å²) in [6.45, 7) is -1.80. The smallest absolute Gasteiger partial charge is 0.449 e. The predicted molar refractivity (Wildman–Crippen MR) is 97.4 cm³/mol. The molecule has 13 heteroatoms. The molecule has 0 saturated heterocycles. The number of fused-ring (bicyclic) bond motifs is 1. The third kappa shape index (κ3) is 4.94. The molecule has 2 aromatic carbocycles. The lowest BCUT2D eigenvalue weighted by Gasteiger charge is -2.11. The van der Waals surface area contributed by atoms with Crippen LogP contribution in [0.4, 0.5) is 28.9 Å². The number of nitro benzene ring substituents is 1. The quantitative estimate of drug-likeness (QED) is 0.272. The van der Waals surface area contributed by atoms with Crippen molar-refractivity contribution in [2.75, 3.05) is 11.9 Å². The van der Waals surface area contributed by atoms with Gasteiger partial charge in [0, 0.05) is 0 Å². The van der Waals surface area contributed by atoms with Crippen molar-refractivity contribution in [1.29, 1.82) is 0 Å². The van der Waals surface area contributed by atoms with Crippen molar-refractivity contribution in [2.24, 2.45) is 0 Å². The summed E-state index contributed by atoms with van der Waals surface area (Å²) in [6.07, 6.45) is -4.84. The molecule has 0 saturated carbocycles.